The van der Waals surface area contributed by atoms with E-state index in [1.165, 1.54) is 25.2 Å². The van der Waals surface area contributed by atoms with Crippen LogP contribution in [0.4, 0.5) is 5.82 Å². The third-order valence-corrected chi connectivity index (χ3v) is 4.43. The molecule has 0 radical (unpaired) electrons. The van der Waals surface area contributed by atoms with Crippen LogP contribution in [0, 0.1) is 0 Å². The largest absolute Gasteiger partial charge is 0.467 e. The fourth-order valence-electron chi connectivity index (χ4n) is 3.13. The summed E-state index contributed by atoms with van der Waals surface area (Å²) in [6.07, 6.45) is 1.58. The Bertz CT molecular complexity index is 1010. The molecule has 0 spiro atoms. The van der Waals surface area contributed by atoms with Crippen LogP contribution in [0.1, 0.15) is 23.0 Å². The molecule has 0 unspecified atom stereocenters. The predicted octanol–water partition coefficient (Wildman–Crippen LogP) is 2.26. The highest BCUT2D eigenvalue weighted by Gasteiger charge is 2.27. The van der Waals surface area contributed by atoms with Gasteiger partial charge in [-0.1, -0.05) is 18.2 Å². The number of fused-ring (bicyclic) bond motifs is 1. The first-order valence-corrected chi connectivity index (χ1v) is 8.68. The number of carbonyl (C=O) groups excluding carboxylic acids is 3. The Labute approximate surface area is 161 Å². The zero-order valence-electron chi connectivity index (χ0n) is 15.8. The molecular weight excluding hydrogens is 362 g/mol. The second kappa shape index (κ2) is 7.99. The van der Waals surface area contributed by atoms with Crippen LogP contribution in [0.25, 0.3) is 10.9 Å². The van der Waals surface area contributed by atoms with Crippen LogP contribution in [-0.2, 0) is 20.7 Å². The van der Waals surface area contributed by atoms with Crippen LogP contribution in [0.3, 0.4) is 0 Å². The summed E-state index contributed by atoms with van der Waals surface area (Å²) in [5.74, 6) is -0.546. The molecule has 2 N–H and O–H groups in total. The number of aromatic nitrogens is 1. The van der Waals surface area contributed by atoms with Crippen molar-refractivity contribution in [3.8, 4) is 0 Å². The quantitative estimate of drug-likeness (QED) is 0.636. The fourth-order valence-corrected chi connectivity index (χ4v) is 3.13. The summed E-state index contributed by atoms with van der Waals surface area (Å²) in [4.78, 5) is 41.1. The molecule has 3 rings (SSSR count). The van der Waals surface area contributed by atoms with E-state index in [9.17, 15) is 14.4 Å². The van der Waals surface area contributed by atoms with E-state index in [1.807, 2.05) is 24.3 Å². The molecule has 1 aromatic carbocycles. The Morgan fingerprint density at radius 2 is 1.96 bits per heavy atom. The molecule has 0 fully saturated rings. The SMILES string of the molecule is COC(=O)[C@H](Cc1c(N(C)C(=O)c2ccco2)[nH]c2ccccc12)NC(C)=O. The van der Waals surface area contributed by atoms with Crippen LogP contribution in [0.2, 0.25) is 0 Å². The second-order valence-corrected chi connectivity index (χ2v) is 6.32. The summed E-state index contributed by atoms with van der Waals surface area (Å²) in [6, 6.07) is 9.83. The van der Waals surface area contributed by atoms with Crippen molar-refractivity contribution in [1.29, 1.82) is 0 Å². The maximum absolute atomic E-state index is 12.7. The number of furan rings is 1. The zero-order chi connectivity index (χ0) is 20.3. The van der Waals surface area contributed by atoms with Gasteiger partial charge in [-0.05, 0) is 18.2 Å². The first kappa shape index (κ1) is 19.2. The molecule has 0 saturated carbocycles. The molecule has 0 aliphatic carbocycles. The number of aromatic amines is 1. The summed E-state index contributed by atoms with van der Waals surface area (Å²) in [5, 5.41) is 3.45. The van der Waals surface area contributed by atoms with Gasteiger partial charge in [0, 0.05) is 36.9 Å². The minimum atomic E-state index is -0.882. The lowest BCUT2D eigenvalue weighted by molar-refractivity contribution is -0.144. The normalized spacial score (nSPS) is 11.8. The minimum absolute atomic E-state index is 0.154. The van der Waals surface area contributed by atoms with Crippen LogP contribution < -0.4 is 10.2 Å². The summed E-state index contributed by atoms with van der Waals surface area (Å²) >= 11 is 0. The Hall–Kier alpha value is -3.55. The third kappa shape index (κ3) is 3.75. The van der Waals surface area contributed by atoms with Crippen molar-refractivity contribution >= 4 is 34.5 Å². The Balaban J connectivity index is 2.04. The first-order chi connectivity index (χ1) is 13.4. The number of rotatable bonds is 6. The lowest BCUT2D eigenvalue weighted by atomic mass is 10.0. The molecular formula is C20H21N3O5. The molecule has 2 amide bonds. The zero-order valence-corrected chi connectivity index (χ0v) is 15.8. The lowest BCUT2D eigenvalue weighted by Gasteiger charge is -2.20. The number of para-hydroxylation sites is 1. The lowest BCUT2D eigenvalue weighted by Crippen LogP contribution is -2.42. The van der Waals surface area contributed by atoms with Gasteiger partial charge in [-0.25, -0.2) is 4.79 Å². The highest BCUT2D eigenvalue weighted by Crippen LogP contribution is 2.30. The maximum atomic E-state index is 12.7. The monoisotopic (exact) mass is 383 g/mol. The van der Waals surface area contributed by atoms with Crippen molar-refractivity contribution in [3.63, 3.8) is 0 Å². The number of methoxy groups -OCH3 is 1. The van der Waals surface area contributed by atoms with Crippen molar-refractivity contribution in [2.75, 3.05) is 19.1 Å². The van der Waals surface area contributed by atoms with Crippen LogP contribution >= 0.6 is 0 Å². The minimum Gasteiger partial charge on any atom is -0.467 e. The molecule has 2 aromatic heterocycles. The van der Waals surface area contributed by atoms with E-state index in [4.69, 9.17) is 9.15 Å². The van der Waals surface area contributed by atoms with Crippen molar-refractivity contribution in [2.45, 2.75) is 19.4 Å². The van der Waals surface area contributed by atoms with Crippen molar-refractivity contribution in [1.82, 2.24) is 10.3 Å². The van der Waals surface area contributed by atoms with E-state index >= 15 is 0 Å². The Morgan fingerprint density at radius 3 is 2.61 bits per heavy atom. The first-order valence-electron chi connectivity index (χ1n) is 8.68. The maximum Gasteiger partial charge on any atom is 0.328 e. The number of anilines is 1. The van der Waals surface area contributed by atoms with Gasteiger partial charge in [0.15, 0.2) is 5.76 Å². The van der Waals surface area contributed by atoms with Gasteiger partial charge in [-0.2, -0.15) is 0 Å². The average Bonchev–Trinajstić information content (AvgIpc) is 3.34. The number of H-pyrrole nitrogens is 1. The molecule has 146 valence electrons. The summed E-state index contributed by atoms with van der Waals surface area (Å²) in [5.41, 5.74) is 1.51. The highest BCUT2D eigenvalue weighted by molar-refractivity contribution is 6.06. The van der Waals surface area contributed by atoms with Crippen LogP contribution in [0.5, 0.6) is 0 Å². The molecule has 28 heavy (non-hydrogen) atoms. The van der Waals surface area contributed by atoms with E-state index in [0.717, 1.165) is 10.9 Å². The van der Waals surface area contributed by atoms with Gasteiger partial charge in [0.2, 0.25) is 5.91 Å². The third-order valence-electron chi connectivity index (χ3n) is 4.43. The number of benzene rings is 1. The van der Waals surface area contributed by atoms with E-state index in [1.54, 1.807) is 19.2 Å². The number of ether oxygens (including phenoxy) is 1. The Morgan fingerprint density at radius 1 is 1.21 bits per heavy atom. The Kier molecular flexibility index (Phi) is 5.49. The fraction of sp³-hybridized carbons (Fsp3) is 0.250. The van der Waals surface area contributed by atoms with Gasteiger partial charge in [-0.15, -0.1) is 0 Å². The van der Waals surface area contributed by atoms with Crippen molar-refractivity contribution < 1.29 is 23.5 Å². The van der Waals surface area contributed by atoms with E-state index in [0.29, 0.717) is 11.4 Å². The van der Waals surface area contributed by atoms with Gasteiger partial charge in [0.25, 0.3) is 5.91 Å². The molecule has 0 aliphatic rings. The average molecular weight is 383 g/mol. The van der Waals surface area contributed by atoms with E-state index in [2.05, 4.69) is 10.3 Å². The van der Waals surface area contributed by atoms with Crippen LogP contribution in [0.15, 0.2) is 47.1 Å². The summed E-state index contributed by atoms with van der Waals surface area (Å²) < 4.78 is 10.0. The molecule has 2 heterocycles. The number of hydrogen-bond donors (Lipinski definition) is 2. The van der Waals surface area contributed by atoms with Crippen molar-refractivity contribution in [3.05, 3.63) is 54.0 Å². The van der Waals surface area contributed by atoms with Crippen LogP contribution in [-0.4, -0.2) is 43.0 Å². The topological polar surface area (TPSA) is 105 Å². The number of carbonyl (C=O) groups is 3. The van der Waals surface area contributed by atoms with Gasteiger partial charge < -0.3 is 19.5 Å². The van der Waals surface area contributed by atoms with Gasteiger partial charge in [-0.3, -0.25) is 14.5 Å². The number of amides is 2. The van der Waals surface area contributed by atoms with E-state index in [-0.39, 0.29) is 24.0 Å². The number of esters is 1. The van der Waals surface area contributed by atoms with Crippen molar-refractivity contribution in [2.24, 2.45) is 0 Å². The van der Waals surface area contributed by atoms with E-state index < -0.39 is 12.0 Å². The molecule has 0 aliphatic heterocycles. The second-order valence-electron chi connectivity index (χ2n) is 6.32. The molecule has 8 nitrogen and oxygen atoms in total. The standard InChI is InChI=1S/C20H21N3O5/c1-12(24)21-16(20(26)27-3)11-14-13-7-4-5-8-15(13)22-18(14)23(2)19(25)17-9-6-10-28-17/h4-10,16,22H,11H2,1-3H3,(H,21,24)/t16-/m0/s1. The molecule has 0 saturated heterocycles. The molecule has 1 atom stereocenters. The van der Waals surface area contributed by atoms with Gasteiger partial charge in [0.1, 0.15) is 11.9 Å². The summed E-state index contributed by atoms with van der Waals surface area (Å²) in [7, 11) is 2.88. The molecule has 3 aromatic rings. The van der Waals surface area contributed by atoms with Gasteiger partial charge in [0.05, 0.1) is 13.4 Å². The highest BCUT2D eigenvalue weighted by atomic mass is 16.5. The molecule has 0 bridgehead atoms. The molecule has 8 heteroatoms. The predicted molar refractivity (Wildman–Crippen MR) is 103 cm³/mol. The number of nitrogens with one attached hydrogen (secondary N) is 2. The van der Waals surface area contributed by atoms with Gasteiger partial charge >= 0.3 is 5.97 Å². The smallest absolute Gasteiger partial charge is 0.328 e. The number of nitrogens with zero attached hydrogens (tertiary/aromatic N) is 1. The summed E-state index contributed by atoms with van der Waals surface area (Å²) in [6.45, 7) is 1.33. The number of hydrogen-bond acceptors (Lipinski definition) is 5.